The lowest BCUT2D eigenvalue weighted by Crippen LogP contribution is -2.10. The molecule has 0 fully saturated rings. The average Bonchev–Trinajstić information content (AvgIpc) is 2.80. The van der Waals surface area contributed by atoms with Crippen molar-refractivity contribution in [2.75, 3.05) is 5.43 Å². The summed E-state index contributed by atoms with van der Waals surface area (Å²) in [5, 5.41) is 0.854. The first-order valence-electron chi connectivity index (χ1n) is 6.10. The van der Waals surface area contributed by atoms with Gasteiger partial charge in [-0.25, -0.2) is 20.2 Å². The molecule has 102 valence electrons. The van der Waals surface area contributed by atoms with Crippen LogP contribution in [0.5, 0.6) is 0 Å². The Bertz CT molecular complexity index is 797. The Kier molecular flexibility index (Phi) is 3.11. The van der Waals surface area contributed by atoms with Crippen LogP contribution in [0.25, 0.3) is 21.6 Å². The van der Waals surface area contributed by atoms with E-state index in [1.54, 1.807) is 12.1 Å². The molecule has 2 aromatic heterocycles. The highest BCUT2D eigenvalue weighted by Gasteiger charge is 2.14. The molecule has 6 heteroatoms. The molecule has 3 N–H and O–H groups in total. The van der Waals surface area contributed by atoms with Gasteiger partial charge in [0.2, 0.25) is 0 Å². The zero-order chi connectivity index (χ0) is 14.3. The number of halogens is 1. The van der Waals surface area contributed by atoms with Crippen molar-refractivity contribution < 1.29 is 4.39 Å². The second-order valence-corrected chi connectivity index (χ2v) is 5.83. The first-order chi connectivity index (χ1) is 9.58. The van der Waals surface area contributed by atoms with E-state index in [-0.39, 0.29) is 5.82 Å². The molecule has 0 bridgehead atoms. The number of nitrogen functional groups attached to an aromatic ring is 1. The van der Waals surface area contributed by atoms with Crippen molar-refractivity contribution in [2.45, 2.75) is 13.8 Å². The maximum Gasteiger partial charge on any atom is 0.166 e. The van der Waals surface area contributed by atoms with E-state index in [1.165, 1.54) is 17.4 Å². The van der Waals surface area contributed by atoms with Crippen LogP contribution < -0.4 is 11.3 Å². The van der Waals surface area contributed by atoms with Gasteiger partial charge in [-0.1, -0.05) is 11.6 Å². The van der Waals surface area contributed by atoms with Crippen LogP contribution in [0.15, 0.2) is 24.3 Å². The molecule has 20 heavy (non-hydrogen) atoms. The SMILES string of the molecule is Cc1ccc(F)c(-c2nc(NN)c3cc(C)sc3n2)c1. The number of aromatic nitrogens is 2. The number of anilines is 1. The van der Waals surface area contributed by atoms with Gasteiger partial charge in [0.05, 0.1) is 10.9 Å². The summed E-state index contributed by atoms with van der Waals surface area (Å²) in [6.07, 6.45) is 0. The maximum atomic E-state index is 14.0. The Labute approximate surface area is 119 Å². The molecule has 2 heterocycles. The highest BCUT2D eigenvalue weighted by atomic mass is 32.1. The number of fused-ring (bicyclic) bond motifs is 1. The number of benzene rings is 1. The molecular weight excluding hydrogens is 275 g/mol. The molecule has 0 saturated heterocycles. The van der Waals surface area contributed by atoms with Crippen LogP contribution in [0.4, 0.5) is 10.2 Å². The minimum Gasteiger partial charge on any atom is -0.308 e. The van der Waals surface area contributed by atoms with Gasteiger partial charge in [0.15, 0.2) is 11.6 Å². The maximum absolute atomic E-state index is 14.0. The summed E-state index contributed by atoms with van der Waals surface area (Å²) in [6.45, 7) is 3.89. The lowest BCUT2D eigenvalue weighted by atomic mass is 10.1. The molecule has 3 rings (SSSR count). The third kappa shape index (κ3) is 2.13. The number of nitrogens with one attached hydrogen (secondary N) is 1. The minimum absolute atomic E-state index is 0.341. The second kappa shape index (κ2) is 4.81. The summed E-state index contributed by atoms with van der Waals surface area (Å²) in [7, 11) is 0. The molecule has 0 amide bonds. The lowest BCUT2D eigenvalue weighted by molar-refractivity contribution is 0.629. The Morgan fingerprint density at radius 2 is 2.00 bits per heavy atom. The van der Waals surface area contributed by atoms with Crippen LogP contribution in [0.3, 0.4) is 0 Å². The Balaban J connectivity index is 2.28. The number of hydrogen-bond acceptors (Lipinski definition) is 5. The summed E-state index contributed by atoms with van der Waals surface area (Å²) in [6, 6.07) is 6.84. The number of aryl methyl sites for hydroxylation is 2. The van der Waals surface area contributed by atoms with E-state index in [2.05, 4.69) is 15.4 Å². The van der Waals surface area contributed by atoms with Crippen LogP contribution in [0.2, 0.25) is 0 Å². The Morgan fingerprint density at radius 1 is 1.20 bits per heavy atom. The van der Waals surface area contributed by atoms with Crippen LogP contribution in [-0.2, 0) is 0 Å². The first-order valence-corrected chi connectivity index (χ1v) is 6.91. The average molecular weight is 288 g/mol. The fourth-order valence-electron chi connectivity index (χ4n) is 2.08. The molecular formula is C14H13FN4S. The predicted molar refractivity (Wildman–Crippen MR) is 80.1 cm³/mol. The number of nitrogens with two attached hydrogens (primary N) is 1. The van der Waals surface area contributed by atoms with Crippen molar-refractivity contribution in [1.82, 2.24) is 9.97 Å². The molecule has 1 aromatic carbocycles. The normalized spacial score (nSPS) is 11.0. The summed E-state index contributed by atoms with van der Waals surface area (Å²) in [4.78, 5) is 10.7. The van der Waals surface area contributed by atoms with Gasteiger partial charge in [-0.05, 0) is 32.0 Å². The summed E-state index contributed by atoms with van der Waals surface area (Å²) >= 11 is 1.53. The summed E-state index contributed by atoms with van der Waals surface area (Å²) < 4.78 is 14.0. The lowest BCUT2D eigenvalue weighted by Gasteiger charge is -2.07. The molecule has 0 aliphatic rings. The van der Waals surface area contributed by atoms with Crippen molar-refractivity contribution in [2.24, 2.45) is 5.84 Å². The van der Waals surface area contributed by atoms with Crippen molar-refractivity contribution in [3.8, 4) is 11.4 Å². The first kappa shape index (κ1) is 13.0. The van der Waals surface area contributed by atoms with Crippen LogP contribution >= 0.6 is 11.3 Å². The van der Waals surface area contributed by atoms with E-state index in [0.29, 0.717) is 17.2 Å². The monoisotopic (exact) mass is 288 g/mol. The molecule has 0 saturated carbocycles. The highest BCUT2D eigenvalue weighted by Crippen LogP contribution is 2.31. The van der Waals surface area contributed by atoms with E-state index in [9.17, 15) is 4.39 Å². The quantitative estimate of drug-likeness (QED) is 0.560. The fraction of sp³-hybridized carbons (Fsp3) is 0.143. The van der Waals surface area contributed by atoms with Crippen LogP contribution in [-0.4, -0.2) is 9.97 Å². The molecule has 4 nitrogen and oxygen atoms in total. The van der Waals surface area contributed by atoms with Crippen molar-refractivity contribution in [3.63, 3.8) is 0 Å². The number of hydrogen-bond donors (Lipinski definition) is 2. The third-order valence-corrected chi connectivity index (χ3v) is 3.96. The van der Waals surface area contributed by atoms with Crippen molar-refractivity contribution in [3.05, 3.63) is 40.5 Å². The van der Waals surface area contributed by atoms with E-state index < -0.39 is 0 Å². The zero-order valence-electron chi connectivity index (χ0n) is 11.1. The molecule has 0 spiro atoms. The van der Waals surface area contributed by atoms with Gasteiger partial charge in [-0.15, -0.1) is 11.3 Å². The van der Waals surface area contributed by atoms with Gasteiger partial charge < -0.3 is 5.43 Å². The van der Waals surface area contributed by atoms with E-state index in [4.69, 9.17) is 5.84 Å². The van der Waals surface area contributed by atoms with E-state index >= 15 is 0 Å². The molecule has 0 aliphatic carbocycles. The second-order valence-electron chi connectivity index (χ2n) is 4.60. The van der Waals surface area contributed by atoms with Gasteiger partial charge in [-0.3, -0.25) is 0 Å². The minimum atomic E-state index is -0.341. The molecule has 0 radical (unpaired) electrons. The zero-order valence-corrected chi connectivity index (χ0v) is 11.9. The molecule has 0 aliphatic heterocycles. The standard InChI is InChI=1S/C14H13FN4S/c1-7-3-4-11(15)9(5-7)12-17-13(19-16)10-6-8(2)20-14(10)18-12/h3-6H,16H2,1-2H3,(H,17,18,19). The Hall–Kier alpha value is -2.05. The molecule has 3 aromatic rings. The van der Waals surface area contributed by atoms with Gasteiger partial charge >= 0.3 is 0 Å². The molecule has 0 unspecified atom stereocenters. The Morgan fingerprint density at radius 3 is 2.75 bits per heavy atom. The van der Waals surface area contributed by atoms with Crippen molar-refractivity contribution in [1.29, 1.82) is 0 Å². The number of thiophene rings is 1. The van der Waals surface area contributed by atoms with E-state index in [1.807, 2.05) is 19.9 Å². The molecule has 0 atom stereocenters. The van der Waals surface area contributed by atoms with Gasteiger partial charge in [-0.2, -0.15) is 0 Å². The van der Waals surface area contributed by atoms with Gasteiger partial charge in [0.25, 0.3) is 0 Å². The predicted octanol–water partition coefficient (Wildman–Crippen LogP) is 3.40. The van der Waals surface area contributed by atoms with Crippen molar-refractivity contribution >= 4 is 27.4 Å². The third-order valence-electron chi connectivity index (χ3n) is 3.02. The fourth-order valence-corrected chi connectivity index (χ4v) is 2.96. The highest BCUT2D eigenvalue weighted by molar-refractivity contribution is 7.18. The van der Waals surface area contributed by atoms with Crippen LogP contribution in [0.1, 0.15) is 10.4 Å². The summed E-state index contributed by atoms with van der Waals surface area (Å²) in [5.41, 5.74) is 3.90. The number of hydrazine groups is 1. The largest absolute Gasteiger partial charge is 0.308 e. The van der Waals surface area contributed by atoms with Gasteiger partial charge in [0, 0.05) is 4.88 Å². The summed E-state index contributed by atoms with van der Waals surface area (Å²) in [5.74, 6) is 6.02. The topological polar surface area (TPSA) is 63.8 Å². The smallest absolute Gasteiger partial charge is 0.166 e. The number of rotatable bonds is 2. The van der Waals surface area contributed by atoms with E-state index in [0.717, 1.165) is 20.7 Å². The van der Waals surface area contributed by atoms with Gasteiger partial charge in [0.1, 0.15) is 10.6 Å². The number of nitrogens with zero attached hydrogens (tertiary/aromatic N) is 2. The van der Waals surface area contributed by atoms with Crippen LogP contribution in [0, 0.1) is 19.7 Å².